The number of nitrogens with zero attached hydrogens (tertiary/aromatic N) is 3. The van der Waals surface area contributed by atoms with Crippen LogP contribution < -0.4 is 4.90 Å². The van der Waals surface area contributed by atoms with Crippen LogP contribution in [-0.2, 0) is 0 Å². The summed E-state index contributed by atoms with van der Waals surface area (Å²) in [5, 5.41) is 0.783. The van der Waals surface area contributed by atoms with Crippen molar-refractivity contribution in [2.45, 2.75) is 27.2 Å². The SMILES string of the molecule is Cc1cc(C)c2nc(N(CCCN(C)C)C(=O)c3ccccc3C)sc2c1.Cl. The number of amides is 1. The highest BCUT2D eigenvalue weighted by atomic mass is 35.5. The lowest BCUT2D eigenvalue weighted by Crippen LogP contribution is -2.33. The molecule has 0 saturated heterocycles. The standard InChI is InChI=1S/C22H27N3OS.ClH/c1-15-13-17(3)20-19(14-15)27-22(23-20)25(12-8-11-24(4)5)21(26)18-10-7-6-9-16(18)2;/h6-7,9-10,13-14H,8,11-12H2,1-5H3;1H. The average molecular weight is 418 g/mol. The third kappa shape index (κ3) is 4.90. The molecule has 2 aromatic carbocycles. The number of fused-ring (bicyclic) bond motifs is 1. The van der Waals surface area contributed by atoms with Crippen LogP contribution in [0.15, 0.2) is 36.4 Å². The van der Waals surface area contributed by atoms with Gasteiger partial charge in [0.05, 0.1) is 10.2 Å². The van der Waals surface area contributed by atoms with Crippen LogP contribution in [0.4, 0.5) is 5.13 Å². The molecule has 1 heterocycles. The summed E-state index contributed by atoms with van der Waals surface area (Å²) in [5.41, 5.74) is 5.11. The molecule has 0 bridgehead atoms. The first-order valence-electron chi connectivity index (χ1n) is 9.27. The van der Waals surface area contributed by atoms with Crippen LogP contribution in [-0.4, -0.2) is 43.0 Å². The van der Waals surface area contributed by atoms with E-state index in [4.69, 9.17) is 4.98 Å². The van der Waals surface area contributed by atoms with E-state index in [-0.39, 0.29) is 18.3 Å². The van der Waals surface area contributed by atoms with Crippen molar-refractivity contribution in [2.24, 2.45) is 0 Å². The van der Waals surface area contributed by atoms with E-state index >= 15 is 0 Å². The molecule has 0 spiro atoms. The molecule has 28 heavy (non-hydrogen) atoms. The first kappa shape index (κ1) is 22.3. The lowest BCUT2D eigenvalue weighted by Gasteiger charge is -2.21. The monoisotopic (exact) mass is 417 g/mol. The summed E-state index contributed by atoms with van der Waals surface area (Å²) >= 11 is 1.60. The summed E-state index contributed by atoms with van der Waals surface area (Å²) in [6.45, 7) is 7.75. The largest absolute Gasteiger partial charge is 0.309 e. The van der Waals surface area contributed by atoms with Crippen molar-refractivity contribution in [2.75, 3.05) is 32.1 Å². The second kappa shape index (κ2) is 9.50. The molecular weight excluding hydrogens is 390 g/mol. The molecule has 0 aliphatic rings. The molecule has 0 atom stereocenters. The number of anilines is 1. The Kier molecular flexibility index (Phi) is 7.58. The predicted molar refractivity (Wildman–Crippen MR) is 122 cm³/mol. The van der Waals surface area contributed by atoms with Crippen LogP contribution in [0, 0.1) is 20.8 Å². The van der Waals surface area contributed by atoms with Gasteiger partial charge in [-0.25, -0.2) is 4.98 Å². The van der Waals surface area contributed by atoms with Gasteiger partial charge >= 0.3 is 0 Å². The molecule has 6 heteroatoms. The van der Waals surface area contributed by atoms with Crippen molar-refractivity contribution in [3.63, 3.8) is 0 Å². The summed E-state index contributed by atoms with van der Waals surface area (Å²) in [4.78, 5) is 22.2. The second-order valence-corrected chi connectivity index (χ2v) is 8.36. The van der Waals surface area contributed by atoms with E-state index < -0.39 is 0 Å². The highest BCUT2D eigenvalue weighted by Gasteiger charge is 2.22. The normalized spacial score (nSPS) is 10.9. The molecule has 4 nitrogen and oxygen atoms in total. The van der Waals surface area contributed by atoms with Gasteiger partial charge in [0.25, 0.3) is 5.91 Å². The highest BCUT2D eigenvalue weighted by Crippen LogP contribution is 2.32. The van der Waals surface area contributed by atoms with E-state index in [1.807, 2.05) is 36.1 Å². The number of hydrogen-bond donors (Lipinski definition) is 0. The molecule has 0 unspecified atom stereocenters. The van der Waals surface area contributed by atoms with Crippen molar-refractivity contribution >= 4 is 45.0 Å². The van der Waals surface area contributed by atoms with Gasteiger partial charge in [0.2, 0.25) is 0 Å². The molecular formula is C22H28ClN3OS. The highest BCUT2D eigenvalue weighted by molar-refractivity contribution is 7.22. The first-order valence-corrected chi connectivity index (χ1v) is 10.1. The smallest absolute Gasteiger partial charge is 0.260 e. The Morgan fingerprint density at radius 2 is 1.75 bits per heavy atom. The van der Waals surface area contributed by atoms with E-state index in [9.17, 15) is 4.79 Å². The lowest BCUT2D eigenvalue weighted by molar-refractivity contribution is 0.0985. The summed E-state index contributed by atoms with van der Waals surface area (Å²) < 4.78 is 1.14. The molecule has 150 valence electrons. The fourth-order valence-electron chi connectivity index (χ4n) is 3.26. The zero-order chi connectivity index (χ0) is 19.6. The van der Waals surface area contributed by atoms with Crippen LogP contribution in [0.5, 0.6) is 0 Å². The quantitative estimate of drug-likeness (QED) is 0.550. The van der Waals surface area contributed by atoms with Crippen LogP contribution in [0.2, 0.25) is 0 Å². The summed E-state index contributed by atoms with van der Waals surface area (Å²) in [6.07, 6.45) is 0.901. The molecule has 0 aliphatic heterocycles. The van der Waals surface area contributed by atoms with Crippen molar-refractivity contribution < 1.29 is 4.79 Å². The Bertz CT molecular complexity index is 968. The van der Waals surface area contributed by atoms with Gasteiger partial charge in [0.1, 0.15) is 0 Å². The molecule has 1 aromatic heterocycles. The van der Waals surface area contributed by atoms with Gasteiger partial charge in [-0.15, -0.1) is 12.4 Å². The predicted octanol–water partition coefficient (Wildman–Crippen LogP) is 5.24. The van der Waals surface area contributed by atoms with E-state index in [0.29, 0.717) is 6.54 Å². The van der Waals surface area contributed by atoms with Gasteiger partial charge in [-0.1, -0.05) is 35.6 Å². The molecule has 3 rings (SSSR count). The van der Waals surface area contributed by atoms with E-state index in [0.717, 1.165) is 45.0 Å². The Morgan fingerprint density at radius 1 is 1.04 bits per heavy atom. The maximum absolute atomic E-state index is 13.3. The van der Waals surface area contributed by atoms with Crippen molar-refractivity contribution in [1.29, 1.82) is 0 Å². The van der Waals surface area contributed by atoms with Crippen LogP contribution >= 0.6 is 23.7 Å². The molecule has 0 aliphatic carbocycles. The minimum Gasteiger partial charge on any atom is -0.309 e. The first-order chi connectivity index (χ1) is 12.9. The number of hydrogen-bond acceptors (Lipinski definition) is 4. The van der Waals surface area contributed by atoms with Gasteiger partial charge in [-0.3, -0.25) is 9.69 Å². The number of rotatable bonds is 6. The van der Waals surface area contributed by atoms with Gasteiger partial charge in [0.15, 0.2) is 5.13 Å². The third-order valence-corrected chi connectivity index (χ3v) is 5.68. The Hall–Kier alpha value is -1.95. The Balaban J connectivity index is 0.00000280. The van der Waals surface area contributed by atoms with E-state index in [2.05, 4.69) is 45.0 Å². The Labute approximate surface area is 177 Å². The van der Waals surface area contributed by atoms with Crippen LogP contribution in [0.25, 0.3) is 10.2 Å². The number of aromatic nitrogens is 1. The maximum Gasteiger partial charge on any atom is 0.260 e. The number of carbonyl (C=O) groups is 1. The summed E-state index contributed by atoms with van der Waals surface area (Å²) in [5.74, 6) is 0.0280. The molecule has 0 N–H and O–H groups in total. The Morgan fingerprint density at radius 3 is 2.43 bits per heavy atom. The molecule has 0 saturated carbocycles. The summed E-state index contributed by atoms with van der Waals surface area (Å²) in [6, 6.07) is 12.1. The van der Waals surface area contributed by atoms with Gasteiger partial charge in [0, 0.05) is 12.1 Å². The summed E-state index contributed by atoms with van der Waals surface area (Å²) in [7, 11) is 4.11. The van der Waals surface area contributed by atoms with Crippen LogP contribution in [0.1, 0.15) is 33.5 Å². The molecule has 3 aromatic rings. The van der Waals surface area contributed by atoms with E-state index in [1.54, 1.807) is 11.3 Å². The van der Waals surface area contributed by atoms with Gasteiger partial charge in [-0.2, -0.15) is 0 Å². The third-order valence-electron chi connectivity index (χ3n) is 4.66. The number of halogens is 1. The lowest BCUT2D eigenvalue weighted by atomic mass is 10.1. The second-order valence-electron chi connectivity index (χ2n) is 7.35. The van der Waals surface area contributed by atoms with Crippen LogP contribution in [0.3, 0.4) is 0 Å². The molecule has 0 radical (unpaired) electrons. The van der Waals surface area contributed by atoms with Crippen molar-refractivity contribution in [1.82, 2.24) is 9.88 Å². The number of benzene rings is 2. The van der Waals surface area contributed by atoms with Gasteiger partial charge < -0.3 is 4.90 Å². The molecule has 0 fully saturated rings. The minimum absolute atomic E-state index is 0. The fraction of sp³-hybridized carbons (Fsp3) is 0.364. The van der Waals surface area contributed by atoms with Crippen molar-refractivity contribution in [3.8, 4) is 0 Å². The van der Waals surface area contributed by atoms with E-state index in [1.165, 1.54) is 5.56 Å². The maximum atomic E-state index is 13.3. The van der Waals surface area contributed by atoms with Gasteiger partial charge in [-0.05, 0) is 76.7 Å². The van der Waals surface area contributed by atoms with Crippen molar-refractivity contribution in [3.05, 3.63) is 58.7 Å². The number of thiazole rings is 1. The zero-order valence-corrected chi connectivity index (χ0v) is 18.8. The fourth-order valence-corrected chi connectivity index (χ4v) is 4.43. The zero-order valence-electron chi connectivity index (χ0n) is 17.2. The number of carbonyl (C=O) groups excluding carboxylic acids is 1. The average Bonchev–Trinajstić information content (AvgIpc) is 3.02. The number of aryl methyl sites for hydroxylation is 3. The minimum atomic E-state index is 0. The molecule has 1 amide bonds. The topological polar surface area (TPSA) is 36.4 Å².